The van der Waals surface area contributed by atoms with Gasteiger partial charge in [0, 0.05) is 17.9 Å². The number of hydrogen-bond donors (Lipinski definition) is 2. The highest BCUT2D eigenvalue weighted by atomic mass is 14.9. The average Bonchev–Trinajstić information content (AvgIpc) is 2.69. The molecule has 2 nitrogen and oxygen atoms in total. The smallest absolute Gasteiger partial charge is 0.0371 e. The maximum atomic E-state index is 5.72. The predicted octanol–water partition coefficient (Wildman–Crippen LogP) is 3.18. The van der Waals surface area contributed by atoms with E-state index < -0.39 is 0 Å². The molecule has 0 unspecified atom stereocenters. The molecule has 3 N–H and O–H groups in total. The summed E-state index contributed by atoms with van der Waals surface area (Å²) in [5.41, 5.74) is 9.04. The van der Waals surface area contributed by atoms with Crippen LogP contribution in [0.3, 0.4) is 0 Å². The number of anilines is 2. The lowest BCUT2D eigenvalue weighted by Gasteiger charge is -2.14. The van der Waals surface area contributed by atoms with Crippen molar-refractivity contribution in [2.45, 2.75) is 32.6 Å². The number of nitrogen functional groups attached to an aromatic ring is 1. The minimum Gasteiger partial charge on any atom is -0.399 e. The summed E-state index contributed by atoms with van der Waals surface area (Å²) >= 11 is 0. The van der Waals surface area contributed by atoms with Gasteiger partial charge in [0.25, 0.3) is 0 Å². The molecule has 0 atom stereocenters. The fourth-order valence-electron chi connectivity index (χ4n) is 2.35. The maximum absolute atomic E-state index is 5.72. The van der Waals surface area contributed by atoms with E-state index in [0.29, 0.717) is 0 Å². The normalized spacial score (nSPS) is 16.9. The van der Waals surface area contributed by atoms with Gasteiger partial charge in [0.1, 0.15) is 0 Å². The molecule has 0 aromatic heterocycles. The third-order valence-electron chi connectivity index (χ3n) is 3.31. The van der Waals surface area contributed by atoms with E-state index in [-0.39, 0.29) is 0 Å². The highest BCUT2D eigenvalue weighted by Gasteiger charge is 2.14. The summed E-state index contributed by atoms with van der Waals surface area (Å²) in [5.74, 6) is 0.877. The largest absolute Gasteiger partial charge is 0.399 e. The van der Waals surface area contributed by atoms with Crippen molar-refractivity contribution in [3.63, 3.8) is 0 Å². The van der Waals surface area contributed by atoms with Crippen molar-refractivity contribution in [2.24, 2.45) is 5.92 Å². The Morgan fingerprint density at radius 2 is 2.07 bits per heavy atom. The van der Waals surface area contributed by atoms with Crippen molar-refractivity contribution in [2.75, 3.05) is 17.6 Å². The molecule has 1 saturated carbocycles. The number of nitrogens with two attached hydrogens (primary N) is 1. The Hall–Kier alpha value is -1.18. The molecule has 0 spiro atoms. The molecule has 0 bridgehead atoms. The van der Waals surface area contributed by atoms with Gasteiger partial charge in [-0.3, -0.25) is 0 Å². The van der Waals surface area contributed by atoms with Crippen molar-refractivity contribution in [1.82, 2.24) is 0 Å². The van der Waals surface area contributed by atoms with Crippen LogP contribution in [0, 0.1) is 12.8 Å². The molecule has 15 heavy (non-hydrogen) atoms. The monoisotopic (exact) mass is 204 g/mol. The molecule has 0 saturated heterocycles. The van der Waals surface area contributed by atoms with Crippen molar-refractivity contribution < 1.29 is 0 Å². The number of rotatable bonds is 3. The van der Waals surface area contributed by atoms with Gasteiger partial charge in [-0.05, 0) is 49.4 Å². The molecule has 0 aliphatic heterocycles. The fraction of sp³-hybridized carbons (Fsp3) is 0.538. The summed E-state index contributed by atoms with van der Waals surface area (Å²) in [6.45, 7) is 3.22. The Kier molecular flexibility index (Phi) is 3.14. The van der Waals surface area contributed by atoms with Gasteiger partial charge in [-0.25, -0.2) is 0 Å². The SMILES string of the molecule is Cc1cc(N)ccc1NCC1CCCC1. The van der Waals surface area contributed by atoms with Crippen LogP contribution in [0.25, 0.3) is 0 Å². The first-order valence-electron chi connectivity index (χ1n) is 5.86. The lowest BCUT2D eigenvalue weighted by atomic mass is 10.1. The Morgan fingerprint density at radius 3 is 2.73 bits per heavy atom. The van der Waals surface area contributed by atoms with Crippen molar-refractivity contribution >= 4 is 11.4 Å². The number of nitrogens with one attached hydrogen (secondary N) is 1. The summed E-state index contributed by atoms with van der Waals surface area (Å²) < 4.78 is 0. The Bertz CT molecular complexity index is 327. The van der Waals surface area contributed by atoms with Gasteiger partial charge in [-0.2, -0.15) is 0 Å². The summed E-state index contributed by atoms with van der Waals surface area (Å²) in [5, 5.41) is 3.53. The molecule has 0 radical (unpaired) electrons. The Labute approximate surface area is 91.9 Å². The first-order valence-corrected chi connectivity index (χ1v) is 5.86. The van der Waals surface area contributed by atoms with Gasteiger partial charge in [-0.1, -0.05) is 12.8 Å². The van der Waals surface area contributed by atoms with Crippen LogP contribution in [0.5, 0.6) is 0 Å². The van der Waals surface area contributed by atoms with Crippen LogP contribution in [0.1, 0.15) is 31.2 Å². The van der Waals surface area contributed by atoms with Crippen LogP contribution >= 0.6 is 0 Å². The topological polar surface area (TPSA) is 38.0 Å². The average molecular weight is 204 g/mol. The van der Waals surface area contributed by atoms with E-state index in [1.54, 1.807) is 0 Å². The quantitative estimate of drug-likeness (QED) is 0.742. The standard InChI is InChI=1S/C13H20N2/c1-10-8-12(14)6-7-13(10)15-9-11-4-2-3-5-11/h6-8,11,15H,2-5,9,14H2,1H3. The summed E-state index contributed by atoms with van der Waals surface area (Å²) in [4.78, 5) is 0. The van der Waals surface area contributed by atoms with E-state index in [4.69, 9.17) is 5.73 Å². The van der Waals surface area contributed by atoms with Gasteiger partial charge in [0.2, 0.25) is 0 Å². The lowest BCUT2D eigenvalue weighted by Crippen LogP contribution is -2.11. The highest BCUT2D eigenvalue weighted by Crippen LogP contribution is 2.26. The van der Waals surface area contributed by atoms with E-state index in [0.717, 1.165) is 18.2 Å². The molecular formula is C13H20N2. The summed E-state index contributed by atoms with van der Waals surface area (Å²) in [7, 11) is 0. The van der Waals surface area contributed by atoms with E-state index in [2.05, 4.69) is 18.3 Å². The van der Waals surface area contributed by atoms with E-state index in [1.807, 2.05) is 12.1 Å². The van der Waals surface area contributed by atoms with Gasteiger partial charge in [-0.15, -0.1) is 0 Å². The van der Waals surface area contributed by atoms with E-state index in [1.165, 1.54) is 36.9 Å². The third-order valence-corrected chi connectivity index (χ3v) is 3.31. The highest BCUT2D eigenvalue weighted by molar-refractivity contribution is 5.57. The number of aryl methyl sites for hydroxylation is 1. The van der Waals surface area contributed by atoms with Gasteiger partial charge >= 0.3 is 0 Å². The van der Waals surface area contributed by atoms with Crippen molar-refractivity contribution in [3.8, 4) is 0 Å². The maximum Gasteiger partial charge on any atom is 0.0371 e. The first kappa shape index (κ1) is 10.3. The van der Waals surface area contributed by atoms with Crippen LogP contribution in [0.2, 0.25) is 0 Å². The second-order valence-corrected chi connectivity index (χ2v) is 4.61. The Morgan fingerprint density at radius 1 is 1.33 bits per heavy atom. The fourth-order valence-corrected chi connectivity index (χ4v) is 2.35. The van der Waals surface area contributed by atoms with E-state index in [9.17, 15) is 0 Å². The van der Waals surface area contributed by atoms with Crippen LogP contribution in [-0.4, -0.2) is 6.54 Å². The molecule has 2 heteroatoms. The minimum atomic E-state index is 0.846. The molecule has 1 aliphatic rings. The van der Waals surface area contributed by atoms with Crippen LogP contribution in [-0.2, 0) is 0 Å². The van der Waals surface area contributed by atoms with Crippen molar-refractivity contribution in [1.29, 1.82) is 0 Å². The summed E-state index contributed by atoms with van der Waals surface area (Å²) in [6.07, 6.45) is 5.60. The third kappa shape index (κ3) is 2.65. The van der Waals surface area contributed by atoms with E-state index >= 15 is 0 Å². The van der Waals surface area contributed by atoms with Crippen LogP contribution in [0.15, 0.2) is 18.2 Å². The first-order chi connectivity index (χ1) is 7.25. The predicted molar refractivity (Wildman–Crippen MR) is 66.0 cm³/mol. The van der Waals surface area contributed by atoms with Gasteiger partial charge in [0.15, 0.2) is 0 Å². The zero-order valence-corrected chi connectivity index (χ0v) is 9.42. The summed E-state index contributed by atoms with van der Waals surface area (Å²) in [6, 6.07) is 6.07. The molecule has 0 amide bonds. The minimum absolute atomic E-state index is 0.846. The van der Waals surface area contributed by atoms with Crippen LogP contribution < -0.4 is 11.1 Å². The number of hydrogen-bond acceptors (Lipinski definition) is 2. The molecule has 1 aromatic rings. The van der Waals surface area contributed by atoms with Crippen molar-refractivity contribution in [3.05, 3.63) is 23.8 Å². The zero-order valence-electron chi connectivity index (χ0n) is 9.42. The number of benzene rings is 1. The second kappa shape index (κ2) is 4.56. The molecule has 1 aromatic carbocycles. The van der Waals surface area contributed by atoms with Gasteiger partial charge in [0.05, 0.1) is 0 Å². The Balaban J connectivity index is 1.92. The molecule has 82 valence electrons. The molecule has 1 aliphatic carbocycles. The molecule has 1 fully saturated rings. The molecular weight excluding hydrogens is 184 g/mol. The lowest BCUT2D eigenvalue weighted by molar-refractivity contribution is 0.580. The molecule has 2 rings (SSSR count). The van der Waals surface area contributed by atoms with Gasteiger partial charge < -0.3 is 11.1 Å². The zero-order chi connectivity index (χ0) is 10.7. The second-order valence-electron chi connectivity index (χ2n) is 4.61. The van der Waals surface area contributed by atoms with Crippen LogP contribution in [0.4, 0.5) is 11.4 Å². The molecule has 0 heterocycles.